The summed E-state index contributed by atoms with van der Waals surface area (Å²) >= 11 is 1.88. The highest BCUT2D eigenvalue weighted by Gasteiger charge is 2.28. The third kappa shape index (κ3) is 3.12. The van der Waals surface area contributed by atoms with Crippen molar-refractivity contribution in [2.45, 2.75) is 19.1 Å². The minimum atomic E-state index is -1.16. The first-order valence-electron chi connectivity index (χ1n) is 6.23. The molecule has 2 rings (SSSR count). The first-order valence-corrected chi connectivity index (χ1v) is 7.28. The van der Waals surface area contributed by atoms with E-state index in [9.17, 15) is 9.59 Å². The number of carbonyl (C=O) groups is 2. The highest BCUT2D eigenvalue weighted by molar-refractivity contribution is 8.00. The predicted molar refractivity (Wildman–Crippen MR) is 72.7 cm³/mol. The van der Waals surface area contributed by atoms with E-state index in [2.05, 4.69) is 13.8 Å². The van der Waals surface area contributed by atoms with E-state index in [4.69, 9.17) is 9.52 Å². The summed E-state index contributed by atoms with van der Waals surface area (Å²) in [5.74, 6) is -0.0679. The van der Waals surface area contributed by atoms with E-state index in [0.29, 0.717) is 24.3 Å². The van der Waals surface area contributed by atoms with Crippen molar-refractivity contribution in [2.75, 3.05) is 18.8 Å². The quantitative estimate of drug-likeness (QED) is 0.920. The molecule has 1 unspecified atom stereocenters. The number of nitrogens with zero attached hydrogens (tertiary/aromatic N) is 1. The monoisotopic (exact) mass is 283 g/mol. The molecule has 1 saturated heterocycles. The summed E-state index contributed by atoms with van der Waals surface area (Å²) in [5.41, 5.74) is 0. The van der Waals surface area contributed by atoms with Gasteiger partial charge in [0.2, 0.25) is 5.76 Å². The Morgan fingerprint density at radius 3 is 2.68 bits per heavy atom. The number of hydrogen-bond acceptors (Lipinski definition) is 4. The van der Waals surface area contributed by atoms with Gasteiger partial charge in [-0.3, -0.25) is 4.79 Å². The van der Waals surface area contributed by atoms with Crippen LogP contribution >= 0.6 is 11.8 Å². The van der Waals surface area contributed by atoms with Gasteiger partial charge in [-0.1, -0.05) is 13.8 Å². The second-order valence-electron chi connectivity index (χ2n) is 4.87. The van der Waals surface area contributed by atoms with Crippen LogP contribution in [0.3, 0.4) is 0 Å². The van der Waals surface area contributed by atoms with Gasteiger partial charge in [-0.15, -0.1) is 0 Å². The lowest BCUT2D eigenvalue weighted by atomic mass is 10.1. The average Bonchev–Trinajstić information content (AvgIpc) is 2.87. The predicted octanol–water partition coefficient (Wildman–Crippen LogP) is 2.19. The Bertz CT molecular complexity index is 483. The van der Waals surface area contributed by atoms with Crippen LogP contribution in [0.5, 0.6) is 0 Å². The molecule has 0 saturated carbocycles. The number of furan rings is 1. The van der Waals surface area contributed by atoms with Gasteiger partial charge >= 0.3 is 5.97 Å². The standard InChI is InChI=1S/C13H17NO4S/c1-8(2)11-7-14(5-6-19-11)12(15)9-3-4-10(18-9)13(16)17/h3-4,8,11H,5-7H2,1-2H3,(H,16,17). The second-order valence-corrected chi connectivity index (χ2v) is 6.22. The third-order valence-corrected chi connectivity index (χ3v) is 4.69. The summed E-state index contributed by atoms with van der Waals surface area (Å²) < 4.78 is 5.06. The molecular weight excluding hydrogens is 266 g/mol. The molecule has 19 heavy (non-hydrogen) atoms. The summed E-state index contributed by atoms with van der Waals surface area (Å²) in [6.07, 6.45) is 0. The lowest BCUT2D eigenvalue weighted by Crippen LogP contribution is -2.43. The smallest absolute Gasteiger partial charge is 0.371 e. The van der Waals surface area contributed by atoms with E-state index >= 15 is 0 Å². The van der Waals surface area contributed by atoms with Crippen LogP contribution in [0.25, 0.3) is 0 Å². The van der Waals surface area contributed by atoms with Gasteiger partial charge in [-0.25, -0.2) is 4.79 Å². The number of carboxylic acid groups (broad SMARTS) is 1. The molecule has 6 heteroatoms. The van der Waals surface area contributed by atoms with Gasteiger partial charge in [0.05, 0.1) is 0 Å². The molecule has 2 heterocycles. The third-order valence-electron chi connectivity index (χ3n) is 3.15. The molecule has 1 N–H and O–H groups in total. The van der Waals surface area contributed by atoms with E-state index in [1.165, 1.54) is 12.1 Å². The summed E-state index contributed by atoms with van der Waals surface area (Å²) in [6, 6.07) is 2.74. The van der Waals surface area contributed by atoms with Gasteiger partial charge in [0.1, 0.15) is 0 Å². The lowest BCUT2D eigenvalue weighted by Gasteiger charge is -2.33. The molecule has 104 valence electrons. The molecule has 1 aromatic rings. The van der Waals surface area contributed by atoms with Crippen LogP contribution < -0.4 is 0 Å². The molecule has 5 nitrogen and oxygen atoms in total. The zero-order valence-electron chi connectivity index (χ0n) is 11.0. The fourth-order valence-corrected chi connectivity index (χ4v) is 3.29. The SMILES string of the molecule is CC(C)C1CN(C(=O)c2ccc(C(=O)O)o2)CCS1. The van der Waals surface area contributed by atoms with Gasteiger partial charge in [0, 0.05) is 24.1 Å². The van der Waals surface area contributed by atoms with Crippen LogP contribution in [-0.2, 0) is 0 Å². The molecule has 0 spiro atoms. The maximum absolute atomic E-state index is 12.2. The molecule has 1 aliphatic heterocycles. The number of carboxylic acids is 1. The van der Waals surface area contributed by atoms with Crippen LogP contribution in [0, 0.1) is 5.92 Å². The number of rotatable bonds is 3. The van der Waals surface area contributed by atoms with Crippen molar-refractivity contribution in [2.24, 2.45) is 5.92 Å². The molecule has 0 bridgehead atoms. The van der Waals surface area contributed by atoms with E-state index in [1.54, 1.807) is 4.90 Å². The first kappa shape index (κ1) is 14.0. The molecule has 1 fully saturated rings. The molecule has 1 aliphatic rings. The van der Waals surface area contributed by atoms with Gasteiger partial charge in [0.15, 0.2) is 5.76 Å². The number of aromatic carboxylic acids is 1. The number of thioether (sulfide) groups is 1. The Kier molecular flexibility index (Phi) is 4.19. The summed E-state index contributed by atoms with van der Waals surface area (Å²) in [4.78, 5) is 24.7. The summed E-state index contributed by atoms with van der Waals surface area (Å²) in [6.45, 7) is 5.64. The fourth-order valence-electron chi connectivity index (χ4n) is 1.99. The van der Waals surface area contributed by atoms with Crippen molar-refractivity contribution in [3.8, 4) is 0 Å². The van der Waals surface area contributed by atoms with Crippen LogP contribution in [0.1, 0.15) is 35.0 Å². The fraction of sp³-hybridized carbons (Fsp3) is 0.538. The van der Waals surface area contributed by atoms with E-state index in [-0.39, 0.29) is 17.4 Å². The van der Waals surface area contributed by atoms with Gasteiger partial charge in [-0.2, -0.15) is 11.8 Å². The van der Waals surface area contributed by atoms with Crippen molar-refractivity contribution in [1.82, 2.24) is 4.90 Å². The highest BCUT2D eigenvalue weighted by atomic mass is 32.2. The normalized spacial score (nSPS) is 19.7. The Morgan fingerprint density at radius 1 is 1.42 bits per heavy atom. The average molecular weight is 283 g/mol. The topological polar surface area (TPSA) is 70.8 Å². The Hall–Kier alpha value is -1.43. The largest absolute Gasteiger partial charge is 0.475 e. The minimum Gasteiger partial charge on any atom is -0.475 e. The number of hydrogen-bond donors (Lipinski definition) is 1. The zero-order chi connectivity index (χ0) is 14.0. The molecule has 0 aliphatic carbocycles. The van der Waals surface area contributed by atoms with Crippen molar-refractivity contribution in [3.63, 3.8) is 0 Å². The van der Waals surface area contributed by atoms with E-state index < -0.39 is 5.97 Å². The second kappa shape index (κ2) is 5.69. The molecule has 1 amide bonds. The number of carbonyl (C=O) groups excluding carboxylic acids is 1. The van der Waals surface area contributed by atoms with Crippen molar-refractivity contribution in [1.29, 1.82) is 0 Å². The van der Waals surface area contributed by atoms with Crippen LogP contribution in [-0.4, -0.2) is 46.0 Å². The van der Waals surface area contributed by atoms with E-state index in [1.807, 2.05) is 11.8 Å². The Morgan fingerprint density at radius 2 is 2.11 bits per heavy atom. The Labute approximate surface area is 116 Å². The van der Waals surface area contributed by atoms with Crippen molar-refractivity contribution >= 4 is 23.6 Å². The molecule has 1 aromatic heterocycles. The number of amides is 1. The van der Waals surface area contributed by atoms with Crippen LogP contribution in [0.15, 0.2) is 16.5 Å². The minimum absolute atomic E-state index is 0.104. The van der Waals surface area contributed by atoms with Gasteiger partial charge in [0.25, 0.3) is 5.91 Å². The molecule has 0 radical (unpaired) electrons. The zero-order valence-corrected chi connectivity index (χ0v) is 11.8. The van der Waals surface area contributed by atoms with E-state index in [0.717, 1.165) is 5.75 Å². The molecule has 0 aromatic carbocycles. The first-order chi connectivity index (χ1) is 8.99. The van der Waals surface area contributed by atoms with Crippen molar-refractivity contribution < 1.29 is 19.1 Å². The van der Waals surface area contributed by atoms with Crippen molar-refractivity contribution in [3.05, 3.63) is 23.7 Å². The van der Waals surface area contributed by atoms with Gasteiger partial charge < -0.3 is 14.4 Å². The summed E-state index contributed by atoms with van der Waals surface area (Å²) in [7, 11) is 0. The summed E-state index contributed by atoms with van der Waals surface area (Å²) in [5, 5.41) is 9.21. The van der Waals surface area contributed by atoms with Gasteiger partial charge in [-0.05, 0) is 18.1 Å². The maximum atomic E-state index is 12.2. The highest BCUT2D eigenvalue weighted by Crippen LogP contribution is 2.26. The lowest BCUT2D eigenvalue weighted by molar-refractivity contribution is 0.0649. The van der Waals surface area contributed by atoms with Crippen LogP contribution in [0.4, 0.5) is 0 Å². The van der Waals surface area contributed by atoms with Crippen LogP contribution in [0.2, 0.25) is 0 Å². The maximum Gasteiger partial charge on any atom is 0.371 e. The Balaban J connectivity index is 2.08. The molecular formula is C13H17NO4S. The molecule has 1 atom stereocenters.